The van der Waals surface area contributed by atoms with Gasteiger partial charge in [0.2, 0.25) is 11.8 Å². The first-order valence-electron chi connectivity index (χ1n) is 10.9. The molecule has 2 aromatic rings. The van der Waals surface area contributed by atoms with Crippen molar-refractivity contribution in [2.45, 2.75) is 46.6 Å². The summed E-state index contributed by atoms with van der Waals surface area (Å²) in [4.78, 5) is 14.1. The number of rotatable bonds is 5. The number of hydrogen-bond acceptors (Lipinski definition) is 5. The average molecular weight is 417 g/mol. The minimum absolute atomic E-state index is 0.0171. The van der Waals surface area contributed by atoms with Crippen molar-refractivity contribution in [3.05, 3.63) is 41.1 Å². The fourth-order valence-corrected chi connectivity index (χ4v) is 4.20. The normalized spacial score (nSPS) is 18.0. The topological polar surface area (TPSA) is 41.5 Å². The molecule has 1 aromatic heterocycles. The van der Waals surface area contributed by atoms with Crippen molar-refractivity contribution >= 4 is 5.95 Å². The smallest absolute Gasteiger partial charge is 0.229 e. The van der Waals surface area contributed by atoms with E-state index in [-0.39, 0.29) is 5.75 Å². The molecule has 0 radical (unpaired) electrons. The Hall–Kier alpha value is -2.28. The molecule has 0 aliphatic carbocycles. The Bertz CT molecular complexity index is 897. The van der Waals surface area contributed by atoms with Crippen LogP contribution in [0.1, 0.15) is 44.9 Å². The van der Waals surface area contributed by atoms with Gasteiger partial charge >= 0.3 is 0 Å². The lowest BCUT2D eigenvalue weighted by Gasteiger charge is -2.33. The van der Waals surface area contributed by atoms with E-state index in [0.717, 1.165) is 62.8 Å². The highest BCUT2D eigenvalue weighted by atomic mass is 19.1. The second kappa shape index (κ2) is 8.84. The Labute approximate surface area is 177 Å². The summed E-state index contributed by atoms with van der Waals surface area (Å²) < 4.78 is 33.5. The van der Waals surface area contributed by atoms with Crippen LogP contribution < -0.4 is 9.64 Å². The van der Waals surface area contributed by atoms with Crippen molar-refractivity contribution in [1.29, 1.82) is 0 Å². The summed E-state index contributed by atoms with van der Waals surface area (Å²) in [6, 6.07) is 3.35. The molecule has 162 valence electrons. The molecule has 0 amide bonds. The second-order valence-electron chi connectivity index (χ2n) is 8.98. The number of aromatic nitrogens is 2. The van der Waals surface area contributed by atoms with Gasteiger partial charge in [-0.15, -0.1) is 0 Å². The molecule has 0 bridgehead atoms. The number of benzene rings is 1. The molecule has 1 saturated heterocycles. The van der Waals surface area contributed by atoms with Crippen LogP contribution >= 0.6 is 0 Å². The van der Waals surface area contributed by atoms with Crippen LogP contribution in [-0.4, -0.2) is 41.0 Å². The van der Waals surface area contributed by atoms with E-state index in [1.165, 1.54) is 12.1 Å². The lowest BCUT2D eigenvalue weighted by Crippen LogP contribution is -2.37. The van der Waals surface area contributed by atoms with Crippen LogP contribution in [0.2, 0.25) is 0 Å². The van der Waals surface area contributed by atoms with Gasteiger partial charge < -0.3 is 9.64 Å². The third-order valence-corrected chi connectivity index (χ3v) is 5.88. The molecule has 0 atom stereocenters. The quantitative estimate of drug-likeness (QED) is 0.701. The molecular weight excluding hydrogens is 386 g/mol. The maximum atomic E-state index is 14.3. The Morgan fingerprint density at radius 3 is 2.60 bits per heavy atom. The Kier molecular flexibility index (Phi) is 6.18. The van der Waals surface area contributed by atoms with Gasteiger partial charge in [0.1, 0.15) is 5.82 Å². The molecule has 3 heterocycles. The minimum Gasteiger partial charge on any atom is -0.435 e. The molecule has 0 N–H and O–H groups in total. The number of nitrogens with zero attached hydrogens (tertiary/aromatic N) is 4. The minimum atomic E-state index is -0.731. The van der Waals surface area contributed by atoms with E-state index in [0.29, 0.717) is 30.2 Å². The molecule has 1 aromatic carbocycles. The average Bonchev–Trinajstić information content (AvgIpc) is 2.70. The summed E-state index contributed by atoms with van der Waals surface area (Å²) >= 11 is 0. The lowest BCUT2D eigenvalue weighted by molar-refractivity contribution is 0.220. The van der Waals surface area contributed by atoms with Gasteiger partial charge in [0.05, 0.1) is 11.3 Å². The zero-order valence-electron chi connectivity index (χ0n) is 18.0. The molecular formula is C23H30F2N4O. The van der Waals surface area contributed by atoms with Crippen LogP contribution in [0.3, 0.4) is 0 Å². The number of anilines is 1. The van der Waals surface area contributed by atoms with Crippen molar-refractivity contribution in [3.63, 3.8) is 0 Å². The molecule has 1 fully saturated rings. The first-order valence-corrected chi connectivity index (χ1v) is 10.9. The van der Waals surface area contributed by atoms with E-state index in [1.807, 2.05) is 0 Å². The summed E-state index contributed by atoms with van der Waals surface area (Å²) in [5.41, 5.74) is 1.87. The summed E-state index contributed by atoms with van der Waals surface area (Å²) in [5.74, 6) is 0.898. The molecule has 2 aliphatic rings. The maximum absolute atomic E-state index is 14.3. The Morgan fingerprint density at radius 1 is 1.13 bits per heavy atom. The van der Waals surface area contributed by atoms with E-state index in [9.17, 15) is 8.78 Å². The summed E-state index contributed by atoms with van der Waals surface area (Å²) in [6.07, 6.45) is 3.01. The zero-order valence-corrected chi connectivity index (χ0v) is 18.0. The van der Waals surface area contributed by atoms with E-state index in [4.69, 9.17) is 14.7 Å². The van der Waals surface area contributed by atoms with E-state index < -0.39 is 11.6 Å². The van der Waals surface area contributed by atoms with Gasteiger partial charge in [-0.05, 0) is 36.8 Å². The SMILES string of the molecule is CC(C)CN1CCc2nc(N3CCC(C)CC3)nc(Oc3ccc(F)cc3F)c2C1. The highest BCUT2D eigenvalue weighted by Gasteiger charge is 2.27. The van der Waals surface area contributed by atoms with Gasteiger partial charge in [-0.3, -0.25) is 4.90 Å². The fraction of sp³-hybridized carbons (Fsp3) is 0.565. The van der Waals surface area contributed by atoms with E-state index in [1.54, 1.807) is 0 Å². The van der Waals surface area contributed by atoms with Crippen LogP contribution in [0.5, 0.6) is 11.6 Å². The molecule has 2 aliphatic heterocycles. The van der Waals surface area contributed by atoms with Gasteiger partial charge in [0.15, 0.2) is 11.6 Å². The number of ether oxygens (including phenoxy) is 1. The molecule has 0 saturated carbocycles. The number of piperidine rings is 1. The van der Waals surface area contributed by atoms with Crippen molar-refractivity contribution < 1.29 is 13.5 Å². The Balaban J connectivity index is 1.68. The Morgan fingerprint density at radius 2 is 1.90 bits per heavy atom. The standard InChI is InChI=1S/C23H30F2N4O/c1-15(2)13-28-9-8-20-18(14-28)22(30-21-5-4-17(24)12-19(21)25)27-23(26-20)29-10-6-16(3)7-11-29/h4-5,12,15-16H,6-11,13-14H2,1-3H3. The van der Waals surface area contributed by atoms with Gasteiger partial charge in [0, 0.05) is 45.2 Å². The van der Waals surface area contributed by atoms with E-state index >= 15 is 0 Å². The highest BCUT2D eigenvalue weighted by Crippen LogP contribution is 2.33. The predicted octanol–water partition coefficient (Wildman–Crippen LogP) is 4.80. The number of halogens is 2. The van der Waals surface area contributed by atoms with Crippen molar-refractivity contribution in [2.24, 2.45) is 11.8 Å². The summed E-state index contributed by atoms with van der Waals surface area (Å²) in [7, 11) is 0. The van der Waals surface area contributed by atoms with Crippen molar-refractivity contribution in [3.8, 4) is 11.6 Å². The van der Waals surface area contributed by atoms with Gasteiger partial charge in [-0.2, -0.15) is 4.98 Å². The zero-order chi connectivity index (χ0) is 21.3. The first-order chi connectivity index (χ1) is 14.4. The van der Waals surface area contributed by atoms with Crippen molar-refractivity contribution in [2.75, 3.05) is 31.1 Å². The second-order valence-corrected chi connectivity index (χ2v) is 8.98. The molecule has 30 heavy (non-hydrogen) atoms. The number of fused-ring (bicyclic) bond motifs is 1. The molecule has 0 spiro atoms. The van der Waals surface area contributed by atoms with Crippen molar-refractivity contribution in [1.82, 2.24) is 14.9 Å². The highest BCUT2D eigenvalue weighted by molar-refractivity contribution is 5.44. The fourth-order valence-electron chi connectivity index (χ4n) is 4.20. The van der Waals surface area contributed by atoms with Crippen LogP contribution in [0, 0.1) is 23.5 Å². The first kappa shape index (κ1) is 21.0. The maximum Gasteiger partial charge on any atom is 0.229 e. The molecule has 7 heteroatoms. The van der Waals surface area contributed by atoms with Crippen LogP contribution in [0.4, 0.5) is 14.7 Å². The predicted molar refractivity (Wildman–Crippen MR) is 113 cm³/mol. The third kappa shape index (κ3) is 4.72. The molecule has 0 unspecified atom stereocenters. The molecule has 5 nitrogen and oxygen atoms in total. The largest absolute Gasteiger partial charge is 0.435 e. The van der Waals surface area contributed by atoms with Crippen LogP contribution in [-0.2, 0) is 13.0 Å². The lowest BCUT2D eigenvalue weighted by atomic mass is 9.99. The van der Waals surface area contributed by atoms with Crippen LogP contribution in [0.15, 0.2) is 18.2 Å². The van der Waals surface area contributed by atoms with Gasteiger partial charge in [0.25, 0.3) is 0 Å². The number of hydrogen-bond donors (Lipinski definition) is 0. The monoisotopic (exact) mass is 416 g/mol. The van der Waals surface area contributed by atoms with Crippen LogP contribution in [0.25, 0.3) is 0 Å². The summed E-state index contributed by atoms with van der Waals surface area (Å²) in [5, 5.41) is 0. The summed E-state index contributed by atoms with van der Waals surface area (Å²) in [6.45, 7) is 11.0. The third-order valence-electron chi connectivity index (χ3n) is 5.88. The van der Waals surface area contributed by atoms with Gasteiger partial charge in [-0.1, -0.05) is 20.8 Å². The molecule has 4 rings (SSSR count). The van der Waals surface area contributed by atoms with E-state index in [2.05, 4.69) is 30.6 Å². The van der Waals surface area contributed by atoms with Gasteiger partial charge in [-0.25, -0.2) is 13.8 Å².